The highest BCUT2D eigenvalue weighted by Crippen LogP contribution is 2.33. The summed E-state index contributed by atoms with van der Waals surface area (Å²) in [5.41, 5.74) is 1.04. The molecule has 2 aliphatic rings. The van der Waals surface area contributed by atoms with Crippen molar-refractivity contribution in [2.75, 3.05) is 23.3 Å². The second-order valence-corrected chi connectivity index (χ2v) is 7.52. The highest BCUT2D eigenvalue weighted by Gasteiger charge is 2.28. The van der Waals surface area contributed by atoms with E-state index in [0.717, 1.165) is 56.0 Å². The van der Waals surface area contributed by atoms with E-state index in [4.69, 9.17) is 0 Å². The summed E-state index contributed by atoms with van der Waals surface area (Å²) in [4.78, 5) is 19.6. The first kappa shape index (κ1) is 17.1. The van der Waals surface area contributed by atoms with Crippen LogP contribution in [0, 0.1) is 12.8 Å². The minimum atomic E-state index is -0.0166. The average molecular weight is 353 g/mol. The first-order valence-corrected chi connectivity index (χ1v) is 9.73. The Kier molecular flexibility index (Phi) is 4.91. The summed E-state index contributed by atoms with van der Waals surface area (Å²) in [6.45, 7) is 3.70. The molecule has 1 aliphatic heterocycles. The number of amides is 1. The number of hydrogen-bond acceptors (Lipinski definition) is 4. The Balaban J connectivity index is 1.46. The van der Waals surface area contributed by atoms with Crippen LogP contribution in [-0.2, 0) is 4.79 Å². The molecule has 138 valence electrons. The molecule has 2 fully saturated rings. The fraction of sp³-hybridized carbons (Fsp3) is 0.550. The maximum atomic E-state index is 13.0. The number of aryl methyl sites for hydroxylation is 1. The van der Waals surface area contributed by atoms with Gasteiger partial charge in [-0.15, -0.1) is 0 Å². The predicted molar refractivity (Wildman–Crippen MR) is 102 cm³/mol. The molecule has 1 amide bonds. The Morgan fingerprint density at radius 2 is 2.04 bits per heavy atom. The number of rotatable bonds is 4. The molecule has 0 aromatic carbocycles. The minimum Gasteiger partial charge on any atom is -0.356 e. The maximum absolute atomic E-state index is 13.0. The Labute approximate surface area is 154 Å². The van der Waals surface area contributed by atoms with Crippen LogP contribution in [0.3, 0.4) is 0 Å². The lowest BCUT2D eigenvalue weighted by atomic mass is 9.97. The monoisotopic (exact) mass is 353 g/mol. The topological polar surface area (TPSA) is 63.1 Å². The van der Waals surface area contributed by atoms with E-state index in [0.29, 0.717) is 6.04 Å². The molecule has 0 bridgehead atoms. The van der Waals surface area contributed by atoms with Crippen molar-refractivity contribution in [2.45, 2.75) is 51.5 Å². The molecule has 1 unspecified atom stereocenters. The highest BCUT2D eigenvalue weighted by atomic mass is 16.2. The Morgan fingerprint density at radius 1 is 1.19 bits per heavy atom. The van der Waals surface area contributed by atoms with Gasteiger partial charge in [0, 0.05) is 24.8 Å². The van der Waals surface area contributed by atoms with Crippen molar-refractivity contribution in [3.05, 3.63) is 36.2 Å². The third-order valence-corrected chi connectivity index (χ3v) is 5.66. The number of aromatic nitrogens is 3. The van der Waals surface area contributed by atoms with E-state index in [-0.39, 0.29) is 11.8 Å². The second-order valence-electron chi connectivity index (χ2n) is 7.52. The van der Waals surface area contributed by atoms with Crippen molar-refractivity contribution in [3.8, 4) is 0 Å². The van der Waals surface area contributed by atoms with Gasteiger partial charge in [-0.2, -0.15) is 5.10 Å². The summed E-state index contributed by atoms with van der Waals surface area (Å²) in [5, 5.41) is 7.73. The van der Waals surface area contributed by atoms with Crippen molar-refractivity contribution >= 4 is 17.5 Å². The molecule has 2 aromatic heterocycles. The van der Waals surface area contributed by atoms with E-state index in [2.05, 4.69) is 20.3 Å². The van der Waals surface area contributed by atoms with Crippen LogP contribution in [0.5, 0.6) is 0 Å². The molecule has 2 aromatic rings. The van der Waals surface area contributed by atoms with Crippen LogP contribution >= 0.6 is 0 Å². The number of piperidine rings is 1. The molecule has 26 heavy (non-hydrogen) atoms. The second kappa shape index (κ2) is 7.48. The number of nitrogens with one attached hydrogen (secondary N) is 1. The van der Waals surface area contributed by atoms with E-state index >= 15 is 0 Å². The largest absolute Gasteiger partial charge is 0.356 e. The standard InChI is InChI=1S/C20H27N5O/c1-15-13-22-25(17-8-2-3-9-17)19(15)23-20(26)16-7-6-12-24(14-16)18-10-4-5-11-21-18/h4-5,10-11,13,16-17H,2-3,6-9,12,14H2,1H3,(H,23,26). The third kappa shape index (κ3) is 3.45. The van der Waals surface area contributed by atoms with Gasteiger partial charge in [0.05, 0.1) is 18.2 Å². The van der Waals surface area contributed by atoms with Crippen LogP contribution < -0.4 is 10.2 Å². The van der Waals surface area contributed by atoms with Gasteiger partial charge in [0.25, 0.3) is 0 Å². The molecule has 1 saturated carbocycles. The predicted octanol–water partition coefficient (Wildman–Crippen LogP) is 3.56. The van der Waals surface area contributed by atoms with Gasteiger partial charge >= 0.3 is 0 Å². The molecular formula is C20H27N5O. The molecule has 6 nitrogen and oxygen atoms in total. The van der Waals surface area contributed by atoms with Crippen LogP contribution in [-0.4, -0.2) is 33.8 Å². The van der Waals surface area contributed by atoms with E-state index < -0.39 is 0 Å². The van der Waals surface area contributed by atoms with Gasteiger partial charge in [-0.1, -0.05) is 18.9 Å². The van der Waals surface area contributed by atoms with Gasteiger partial charge in [-0.3, -0.25) is 4.79 Å². The van der Waals surface area contributed by atoms with E-state index in [1.165, 1.54) is 12.8 Å². The van der Waals surface area contributed by atoms with Crippen molar-refractivity contribution in [2.24, 2.45) is 5.92 Å². The zero-order valence-electron chi connectivity index (χ0n) is 15.4. The molecule has 4 rings (SSSR count). The molecule has 1 atom stereocenters. The summed E-state index contributed by atoms with van der Waals surface area (Å²) in [6, 6.07) is 6.36. The first-order chi connectivity index (χ1) is 12.7. The molecule has 1 saturated heterocycles. The molecular weight excluding hydrogens is 326 g/mol. The fourth-order valence-corrected chi connectivity index (χ4v) is 4.19. The van der Waals surface area contributed by atoms with E-state index in [1.54, 1.807) is 0 Å². The van der Waals surface area contributed by atoms with Gasteiger partial charge in [-0.25, -0.2) is 9.67 Å². The van der Waals surface area contributed by atoms with Crippen LogP contribution in [0.1, 0.15) is 50.1 Å². The minimum absolute atomic E-state index is 0.0166. The van der Waals surface area contributed by atoms with Crippen LogP contribution in [0.15, 0.2) is 30.6 Å². The lowest BCUT2D eigenvalue weighted by Crippen LogP contribution is -2.41. The Hall–Kier alpha value is -2.37. The van der Waals surface area contributed by atoms with Crippen molar-refractivity contribution in [1.82, 2.24) is 14.8 Å². The van der Waals surface area contributed by atoms with Crippen LogP contribution in [0.2, 0.25) is 0 Å². The number of carbonyl (C=O) groups is 1. The van der Waals surface area contributed by atoms with Gasteiger partial charge < -0.3 is 10.2 Å². The van der Waals surface area contributed by atoms with Crippen molar-refractivity contribution in [3.63, 3.8) is 0 Å². The normalized spacial score (nSPS) is 21.1. The number of anilines is 2. The number of hydrogen-bond donors (Lipinski definition) is 1. The number of nitrogens with zero attached hydrogens (tertiary/aromatic N) is 4. The average Bonchev–Trinajstić information content (AvgIpc) is 3.33. The smallest absolute Gasteiger partial charge is 0.230 e. The maximum Gasteiger partial charge on any atom is 0.230 e. The zero-order valence-corrected chi connectivity index (χ0v) is 15.4. The molecule has 1 aliphatic carbocycles. The van der Waals surface area contributed by atoms with Crippen molar-refractivity contribution in [1.29, 1.82) is 0 Å². The molecule has 0 radical (unpaired) electrons. The first-order valence-electron chi connectivity index (χ1n) is 9.73. The molecule has 0 spiro atoms. The fourth-order valence-electron chi connectivity index (χ4n) is 4.19. The summed E-state index contributed by atoms with van der Waals surface area (Å²) >= 11 is 0. The zero-order chi connectivity index (χ0) is 17.9. The summed E-state index contributed by atoms with van der Waals surface area (Å²) in [7, 11) is 0. The van der Waals surface area contributed by atoms with Gasteiger partial charge in [0.2, 0.25) is 5.91 Å². The summed E-state index contributed by atoms with van der Waals surface area (Å²) in [5.74, 6) is 1.93. The lowest BCUT2D eigenvalue weighted by Gasteiger charge is -2.33. The molecule has 6 heteroatoms. The van der Waals surface area contributed by atoms with E-state index in [9.17, 15) is 4.79 Å². The Bertz CT molecular complexity index is 751. The SMILES string of the molecule is Cc1cnn(C2CCCC2)c1NC(=O)C1CCCN(c2ccccn2)C1. The highest BCUT2D eigenvalue weighted by molar-refractivity contribution is 5.93. The Morgan fingerprint density at radius 3 is 2.81 bits per heavy atom. The van der Waals surface area contributed by atoms with Crippen molar-refractivity contribution < 1.29 is 4.79 Å². The van der Waals surface area contributed by atoms with E-state index in [1.807, 2.05) is 42.2 Å². The van der Waals surface area contributed by atoms with Gasteiger partial charge in [-0.05, 0) is 44.7 Å². The molecule has 1 N–H and O–H groups in total. The summed E-state index contributed by atoms with van der Waals surface area (Å²) in [6.07, 6.45) is 10.4. The van der Waals surface area contributed by atoms with Crippen LogP contribution in [0.25, 0.3) is 0 Å². The van der Waals surface area contributed by atoms with Crippen LogP contribution in [0.4, 0.5) is 11.6 Å². The lowest BCUT2D eigenvalue weighted by molar-refractivity contribution is -0.120. The van der Waals surface area contributed by atoms with Gasteiger partial charge in [0.15, 0.2) is 0 Å². The number of pyridine rings is 1. The van der Waals surface area contributed by atoms with Gasteiger partial charge in [0.1, 0.15) is 11.6 Å². The quantitative estimate of drug-likeness (QED) is 0.913. The third-order valence-electron chi connectivity index (χ3n) is 5.66. The number of carbonyl (C=O) groups excluding carboxylic acids is 1. The molecule has 3 heterocycles. The summed E-state index contributed by atoms with van der Waals surface area (Å²) < 4.78 is 2.04.